The summed E-state index contributed by atoms with van der Waals surface area (Å²) in [6.07, 6.45) is 0.970. The SMILES string of the molecule is N=C(N)c1sccc1-c1ccc(CCNCc2ccc3c(c2)Sc2ccccc2N3)cc1. The van der Waals surface area contributed by atoms with E-state index in [1.165, 1.54) is 43.6 Å². The van der Waals surface area contributed by atoms with E-state index in [-0.39, 0.29) is 5.84 Å². The van der Waals surface area contributed by atoms with E-state index in [1.54, 1.807) is 0 Å². The van der Waals surface area contributed by atoms with Crippen LogP contribution in [0.5, 0.6) is 0 Å². The zero-order valence-electron chi connectivity index (χ0n) is 17.5. The van der Waals surface area contributed by atoms with Gasteiger partial charge in [0, 0.05) is 21.9 Å². The van der Waals surface area contributed by atoms with Gasteiger partial charge in [-0.3, -0.25) is 5.41 Å². The Hall–Kier alpha value is -3.06. The number of nitrogens with two attached hydrogens (primary N) is 1. The van der Waals surface area contributed by atoms with Crippen molar-refractivity contribution in [2.75, 3.05) is 11.9 Å². The van der Waals surface area contributed by atoms with Crippen LogP contribution in [0.25, 0.3) is 11.1 Å². The lowest BCUT2D eigenvalue weighted by atomic mass is 10.0. The lowest BCUT2D eigenvalue weighted by molar-refractivity contribution is 0.686. The molecule has 0 saturated carbocycles. The first kappa shape index (κ1) is 20.8. The summed E-state index contributed by atoms with van der Waals surface area (Å²) in [5, 5.41) is 16.8. The van der Waals surface area contributed by atoms with Gasteiger partial charge in [0.1, 0.15) is 5.84 Å². The third-order valence-electron chi connectivity index (χ3n) is 5.52. The van der Waals surface area contributed by atoms with Gasteiger partial charge in [-0.25, -0.2) is 0 Å². The highest BCUT2D eigenvalue weighted by Gasteiger charge is 2.15. The fraction of sp³-hybridized carbons (Fsp3) is 0.115. The topological polar surface area (TPSA) is 73.9 Å². The van der Waals surface area contributed by atoms with Gasteiger partial charge < -0.3 is 16.4 Å². The Morgan fingerprint density at radius 3 is 2.53 bits per heavy atom. The molecule has 0 aliphatic carbocycles. The molecule has 6 heteroatoms. The van der Waals surface area contributed by atoms with Crippen molar-refractivity contribution >= 4 is 40.3 Å². The number of nitrogens with one attached hydrogen (secondary N) is 3. The Balaban J connectivity index is 1.15. The summed E-state index contributed by atoms with van der Waals surface area (Å²) in [4.78, 5) is 3.38. The number of nitrogen functional groups attached to an aromatic ring is 1. The van der Waals surface area contributed by atoms with E-state index in [9.17, 15) is 0 Å². The van der Waals surface area contributed by atoms with Crippen molar-refractivity contribution in [3.05, 3.63) is 94.2 Å². The van der Waals surface area contributed by atoms with Crippen molar-refractivity contribution in [2.45, 2.75) is 22.8 Å². The number of benzene rings is 3. The van der Waals surface area contributed by atoms with E-state index in [4.69, 9.17) is 11.1 Å². The molecule has 0 saturated heterocycles. The lowest BCUT2D eigenvalue weighted by Gasteiger charge is -2.21. The summed E-state index contributed by atoms with van der Waals surface area (Å²) < 4.78 is 0. The molecule has 4 nitrogen and oxygen atoms in total. The fourth-order valence-corrected chi connectivity index (χ4v) is 5.68. The predicted molar refractivity (Wildman–Crippen MR) is 136 cm³/mol. The highest BCUT2D eigenvalue weighted by Crippen LogP contribution is 2.44. The van der Waals surface area contributed by atoms with Crippen LogP contribution in [0.1, 0.15) is 16.0 Å². The second-order valence-corrected chi connectivity index (χ2v) is 9.75. The number of anilines is 2. The van der Waals surface area contributed by atoms with Crippen molar-refractivity contribution in [3.8, 4) is 11.1 Å². The molecular formula is C26H24N4S2. The molecule has 0 atom stereocenters. The van der Waals surface area contributed by atoms with Crippen molar-refractivity contribution in [2.24, 2.45) is 5.73 Å². The maximum atomic E-state index is 7.73. The molecular weight excluding hydrogens is 432 g/mol. The third kappa shape index (κ3) is 4.43. The Kier molecular flexibility index (Phi) is 5.99. The van der Waals surface area contributed by atoms with Gasteiger partial charge in [-0.15, -0.1) is 11.3 Å². The lowest BCUT2D eigenvalue weighted by Crippen LogP contribution is -2.16. The van der Waals surface area contributed by atoms with E-state index in [2.05, 4.69) is 77.4 Å². The molecule has 1 aromatic heterocycles. The number of fused-ring (bicyclic) bond motifs is 2. The van der Waals surface area contributed by atoms with Gasteiger partial charge in [0.25, 0.3) is 0 Å². The molecule has 0 fully saturated rings. The Morgan fingerprint density at radius 1 is 0.906 bits per heavy atom. The van der Waals surface area contributed by atoms with Crippen LogP contribution in [0.2, 0.25) is 0 Å². The highest BCUT2D eigenvalue weighted by molar-refractivity contribution is 7.99. The van der Waals surface area contributed by atoms with Gasteiger partial charge in [-0.1, -0.05) is 54.2 Å². The first-order chi connectivity index (χ1) is 15.7. The zero-order chi connectivity index (χ0) is 21.9. The summed E-state index contributed by atoms with van der Waals surface area (Å²) in [5.74, 6) is 0.129. The monoisotopic (exact) mass is 456 g/mol. The minimum absolute atomic E-state index is 0.129. The van der Waals surface area contributed by atoms with Crippen LogP contribution >= 0.6 is 23.1 Å². The molecule has 1 aliphatic heterocycles. The second kappa shape index (κ2) is 9.20. The molecule has 0 amide bonds. The molecule has 1 aliphatic rings. The Labute approximate surface area is 196 Å². The van der Waals surface area contributed by atoms with Crippen molar-refractivity contribution < 1.29 is 0 Å². The first-order valence-corrected chi connectivity index (χ1v) is 12.3. The maximum Gasteiger partial charge on any atom is 0.133 e. The summed E-state index contributed by atoms with van der Waals surface area (Å²) in [6, 6.07) is 25.7. The van der Waals surface area contributed by atoms with Crippen molar-refractivity contribution in [3.63, 3.8) is 0 Å². The average Bonchev–Trinajstić information content (AvgIpc) is 3.31. The molecule has 5 rings (SSSR count). The molecule has 160 valence electrons. The van der Waals surface area contributed by atoms with Crippen LogP contribution in [0.3, 0.4) is 0 Å². The standard InChI is InChI=1S/C26H24N4S2/c27-26(28)25-20(12-14-31-25)19-8-5-17(6-9-19)11-13-29-16-18-7-10-22-24(15-18)32-23-4-2-1-3-21(23)30-22/h1-10,12,14-15,29-30H,11,13,16H2,(H3,27,28). The molecule has 3 aromatic carbocycles. The molecule has 2 heterocycles. The quantitative estimate of drug-likeness (QED) is 0.133. The van der Waals surface area contributed by atoms with Gasteiger partial charge in [0.15, 0.2) is 0 Å². The van der Waals surface area contributed by atoms with Crippen LogP contribution in [0.15, 0.2) is 88.0 Å². The van der Waals surface area contributed by atoms with E-state index >= 15 is 0 Å². The smallest absolute Gasteiger partial charge is 0.133 e. The third-order valence-corrected chi connectivity index (χ3v) is 7.60. The van der Waals surface area contributed by atoms with Gasteiger partial charge in [-0.2, -0.15) is 0 Å². The molecule has 0 radical (unpaired) electrons. The van der Waals surface area contributed by atoms with Gasteiger partial charge in [-0.05, 0) is 65.4 Å². The van der Waals surface area contributed by atoms with Crippen LogP contribution in [-0.4, -0.2) is 12.4 Å². The molecule has 0 unspecified atom stereocenters. The second-order valence-electron chi connectivity index (χ2n) is 7.75. The molecule has 32 heavy (non-hydrogen) atoms. The molecule has 5 N–H and O–H groups in total. The van der Waals surface area contributed by atoms with E-state index < -0.39 is 0 Å². The van der Waals surface area contributed by atoms with E-state index in [1.807, 2.05) is 23.2 Å². The van der Waals surface area contributed by atoms with E-state index in [0.717, 1.165) is 35.5 Å². The first-order valence-electron chi connectivity index (χ1n) is 10.6. The predicted octanol–water partition coefficient (Wildman–Crippen LogP) is 6.24. The maximum absolute atomic E-state index is 7.73. The number of amidine groups is 1. The molecule has 0 spiro atoms. The molecule has 0 bridgehead atoms. The van der Waals surface area contributed by atoms with Crippen LogP contribution in [0, 0.1) is 5.41 Å². The summed E-state index contributed by atoms with van der Waals surface area (Å²) in [5.41, 5.74) is 12.8. The van der Waals surface area contributed by atoms with Crippen molar-refractivity contribution in [1.82, 2.24) is 5.32 Å². The summed E-state index contributed by atoms with van der Waals surface area (Å²) in [7, 11) is 0. The van der Waals surface area contributed by atoms with Gasteiger partial charge in [0.2, 0.25) is 0 Å². The van der Waals surface area contributed by atoms with Crippen LogP contribution < -0.4 is 16.4 Å². The van der Waals surface area contributed by atoms with Crippen molar-refractivity contribution in [1.29, 1.82) is 5.41 Å². The number of hydrogen-bond acceptors (Lipinski definition) is 5. The largest absolute Gasteiger partial charge is 0.383 e. The van der Waals surface area contributed by atoms with Gasteiger partial charge in [0.05, 0.1) is 16.3 Å². The number of hydrogen-bond donors (Lipinski definition) is 4. The average molecular weight is 457 g/mol. The normalized spacial score (nSPS) is 12.0. The minimum Gasteiger partial charge on any atom is -0.383 e. The summed E-state index contributed by atoms with van der Waals surface area (Å²) >= 11 is 3.34. The Bertz CT molecular complexity index is 1260. The van der Waals surface area contributed by atoms with Gasteiger partial charge >= 0.3 is 0 Å². The Morgan fingerprint density at radius 2 is 1.69 bits per heavy atom. The minimum atomic E-state index is 0.129. The van der Waals surface area contributed by atoms with Crippen LogP contribution in [0.4, 0.5) is 11.4 Å². The fourth-order valence-electron chi connectivity index (χ4n) is 3.85. The number of thiophene rings is 1. The van der Waals surface area contributed by atoms with Crippen LogP contribution in [-0.2, 0) is 13.0 Å². The zero-order valence-corrected chi connectivity index (χ0v) is 19.2. The highest BCUT2D eigenvalue weighted by atomic mass is 32.2. The number of para-hydroxylation sites is 1. The summed E-state index contributed by atoms with van der Waals surface area (Å²) in [6.45, 7) is 1.77. The van der Waals surface area contributed by atoms with E-state index in [0.29, 0.717) is 0 Å². The number of rotatable bonds is 7. The molecule has 4 aromatic rings.